The third-order valence-electron chi connectivity index (χ3n) is 4.35. The van der Waals surface area contributed by atoms with Crippen LogP contribution >= 0.6 is 0 Å². The van der Waals surface area contributed by atoms with Gasteiger partial charge in [-0.05, 0) is 31.2 Å². The summed E-state index contributed by atoms with van der Waals surface area (Å²) in [7, 11) is 0. The Hall–Kier alpha value is -1.81. The third-order valence-corrected chi connectivity index (χ3v) is 4.35. The molecule has 3 rings (SSSR count). The van der Waals surface area contributed by atoms with Crippen LogP contribution in [0.5, 0.6) is 0 Å². The monoisotopic (exact) mass is 287 g/mol. The summed E-state index contributed by atoms with van der Waals surface area (Å²) in [5.74, 6) is 0. The van der Waals surface area contributed by atoms with Gasteiger partial charge in [-0.3, -0.25) is 4.90 Å². The molecule has 0 aromatic heterocycles. The number of allylic oxidation sites excluding steroid dienone is 1. The molecular formula is C17H21NO3. The molecule has 1 aromatic rings. The van der Waals surface area contributed by atoms with Gasteiger partial charge in [-0.25, -0.2) is 4.79 Å². The van der Waals surface area contributed by atoms with Gasteiger partial charge in [-0.15, -0.1) is 0 Å². The lowest BCUT2D eigenvalue weighted by Crippen LogP contribution is -2.40. The number of fused-ring (bicyclic) bond motifs is 1. The van der Waals surface area contributed by atoms with E-state index in [9.17, 15) is 9.90 Å². The largest absolute Gasteiger partial charge is 0.444 e. The van der Waals surface area contributed by atoms with E-state index in [1.807, 2.05) is 30.3 Å². The van der Waals surface area contributed by atoms with Crippen LogP contribution in [0.4, 0.5) is 4.79 Å². The van der Waals surface area contributed by atoms with Crippen molar-refractivity contribution < 1.29 is 14.6 Å². The minimum Gasteiger partial charge on any atom is -0.444 e. The zero-order chi connectivity index (χ0) is 14.7. The predicted molar refractivity (Wildman–Crippen MR) is 79.8 cm³/mol. The maximum atomic E-state index is 12.3. The topological polar surface area (TPSA) is 49.8 Å². The van der Waals surface area contributed by atoms with Gasteiger partial charge in [0.25, 0.3) is 0 Å². The van der Waals surface area contributed by atoms with E-state index in [0.717, 1.165) is 31.2 Å². The van der Waals surface area contributed by atoms with E-state index < -0.39 is 0 Å². The highest BCUT2D eigenvalue weighted by atomic mass is 16.6. The number of benzene rings is 1. The predicted octanol–water partition coefficient (Wildman–Crippen LogP) is 3.04. The smallest absolute Gasteiger partial charge is 0.411 e. The first-order valence-electron chi connectivity index (χ1n) is 7.61. The zero-order valence-electron chi connectivity index (χ0n) is 12.0. The van der Waals surface area contributed by atoms with E-state index in [1.165, 1.54) is 0 Å². The van der Waals surface area contributed by atoms with E-state index in [0.29, 0.717) is 0 Å². The Kier molecular flexibility index (Phi) is 4.25. The highest BCUT2D eigenvalue weighted by molar-refractivity contribution is 5.71. The Morgan fingerprint density at radius 2 is 2.10 bits per heavy atom. The van der Waals surface area contributed by atoms with Gasteiger partial charge in [-0.1, -0.05) is 42.5 Å². The lowest BCUT2D eigenvalue weighted by molar-refractivity contribution is 0.114. The van der Waals surface area contributed by atoms with Gasteiger partial charge < -0.3 is 9.84 Å². The molecule has 4 heteroatoms. The van der Waals surface area contributed by atoms with Gasteiger partial charge in [0.1, 0.15) is 6.10 Å². The SMILES string of the molecule is O=C1OC2CCC/C=C\CC2N1[C@H](CO)c1ccccc1. The number of carbonyl (C=O) groups excluding carboxylic acids is 1. The molecule has 2 aliphatic rings. The second-order valence-electron chi connectivity index (χ2n) is 5.64. The van der Waals surface area contributed by atoms with Crippen LogP contribution in [0.15, 0.2) is 42.5 Å². The minimum atomic E-state index is -0.332. The Bertz CT molecular complexity index is 514. The zero-order valence-corrected chi connectivity index (χ0v) is 12.0. The normalized spacial score (nSPS) is 28.2. The van der Waals surface area contributed by atoms with Crippen molar-refractivity contribution in [3.63, 3.8) is 0 Å². The number of hydrogen-bond donors (Lipinski definition) is 1. The number of ether oxygens (including phenoxy) is 1. The fourth-order valence-corrected chi connectivity index (χ4v) is 3.28. The molecule has 1 saturated heterocycles. The molecule has 1 amide bonds. The second-order valence-corrected chi connectivity index (χ2v) is 5.64. The fraction of sp³-hybridized carbons (Fsp3) is 0.471. The van der Waals surface area contributed by atoms with Crippen LogP contribution in [0, 0.1) is 0 Å². The first kappa shape index (κ1) is 14.1. The van der Waals surface area contributed by atoms with Gasteiger partial charge in [-0.2, -0.15) is 0 Å². The number of aliphatic hydroxyl groups is 1. The van der Waals surface area contributed by atoms with Crippen molar-refractivity contribution in [1.29, 1.82) is 0 Å². The molecule has 1 heterocycles. The van der Waals surface area contributed by atoms with Gasteiger partial charge in [0, 0.05) is 0 Å². The molecule has 0 saturated carbocycles. The van der Waals surface area contributed by atoms with E-state index in [1.54, 1.807) is 4.90 Å². The average molecular weight is 287 g/mol. The lowest BCUT2D eigenvalue weighted by Gasteiger charge is -2.31. The molecule has 3 atom stereocenters. The van der Waals surface area contributed by atoms with Gasteiger partial charge >= 0.3 is 6.09 Å². The van der Waals surface area contributed by atoms with Crippen LogP contribution in [-0.4, -0.2) is 34.9 Å². The van der Waals surface area contributed by atoms with Crippen molar-refractivity contribution in [3.8, 4) is 0 Å². The molecule has 0 radical (unpaired) electrons. The number of rotatable bonds is 3. The van der Waals surface area contributed by atoms with Crippen LogP contribution in [0.25, 0.3) is 0 Å². The van der Waals surface area contributed by atoms with Crippen LogP contribution in [0.2, 0.25) is 0 Å². The van der Waals surface area contributed by atoms with Crippen LogP contribution in [0.3, 0.4) is 0 Å². The van der Waals surface area contributed by atoms with Crippen molar-refractivity contribution in [2.75, 3.05) is 6.61 Å². The van der Waals surface area contributed by atoms with Crippen LogP contribution < -0.4 is 0 Å². The number of hydrogen-bond acceptors (Lipinski definition) is 3. The molecule has 1 aromatic carbocycles. The van der Waals surface area contributed by atoms with Crippen LogP contribution in [0.1, 0.15) is 37.3 Å². The third kappa shape index (κ3) is 2.81. The Balaban J connectivity index is 1.89. The van der Waals surface area contributed by atoms with Crippen LogP contribution in [-0.2, 0) is 4.74 Å². The maximum Gasteiger partial charge on any atom is 0.411 e. The molecule has 4 nitrogen and oxygen atoms in total. The molecule has 2 unspecified atom stereocenters. The molecule has 1 aliphatic carbocycles. The summed E-state index contributed by atoms with van der Waals surface area (Å²) < 4.78 is 5.56. The summed E-state index contributed by atoms with van der Waals surface area (Å²) >= 11 is 0. The number of carbonyl (C=O) groups is 1. The second kappa shape index (κ2) is 6.31. The Morgan fingerprint density at radius 3 is 2.86 bits per heavy atom. The molecule has 21 heavy (non-hydrogen) atoms. The highest BCUT2D eigenvalue weighted by Gasteiger charge is 2.44. The van der Waals surface area contributed by atoms with Crippen molar-refractivity contribution in [2.24, 2.45) is 0 Å². The Labute approximate surface area is 125 Å². The average Bonchev–Trinajstić information content (AvgIpc) is 2.77. The van der Waals surface area contributed by atoms with Gasteiger partial charge in [0.05, 0.1) is 18.7 Å². The first-order valence-corrected chi connectivity index (χ1v) is 7.61. The van der Waals surface area contributed by atoms with Crippen molar-refractivity contribution in [3.05, 3.63) is 48.0 Å². The number of amides is 1. The lowest BCUT2D eigenvalue weighted by atomic mass is 9.96. The Morgan fingerprint density at radius 1 is 1.29 bits per heavy atom. The molecule has 1 fully saturated rings. The molecule has 0 bridgehead atoms. The first-order chi connectivity index (χ1) is 10.3. The minimum absolute atomic E-state index is 0.0198. The van der Waals surface area contributed by atoms with E-state index in [-0.39, 0.29) is 30.9 Å². The number of nitrogens with zero attached hydrogens (tertiary/aromatic N) is 1. The molecule has 112 valence electrons. The summed E-state index contributed by atoms with van der Waals surface area (Å²) in [5, 5.41) is 9.81. The van der Waals surface area contributed by atoms with E-state index in [2.05, 4.69) is 12.2 Å². The molecule has 1 N–H and O–H groups in total. The maximum absolute atomic E-state index is 12.3. The fourth-order valence-electron chi connectivity index (χ4n) is 3.28. The van der Waals surface area contributed by atoms with Gasteiger partial charge in [0.2, 0.25) is 0 Å². The highest BCUT2D eigenvalue weighted by Crippen LogP contribution is 2.34. The van der Waals surface area contributed by atoms with E-state index in [4.69, 9.17) is 4.74 Å². The molecule has 0 spiro atoms. The molecule has 1 aliphatic heterocycles. The summed E-state index contributed by atoms with van der Waals surface area (Å²) in [4.78, 5) is 14.0. The van der Waals surface area contributed by atoms with Crippen molar-refractivity contribution in [2.45, 2.75) is 43.9 Å². The summed E-state index contributed by atoms with van der Waals surface area (Å²) in [5.41, 5.74) is 0.948. The van der Waals surface area contributed by atoms with Gasteiger partial charge in [0.15, 0.2) is 0 Å². The summed E-state index contributed by atoms with van der Waals surface area (Å²) in [6.45, 7) is -0.0912. The number of aliphatic hydroxyl groups excluding tert-OH is 1. The summed E-state index contributed by atoms with van der Waals surface area (Å²) in [6.07, 6.45) is 7.71. The van der Waals surface area contributed by atoms with Crippen molar-refractivity contribution >= 4 is 6.09 Å². The molecular weight excluding hydrogens is 266 g/mol. The standard InChI is InChI=1S/C17H21NO3/c19-12-15(13-8-4-3-5-9-13)18-14-10-6-1-2-7-11-16(14)21-17(18)20/h1,3-6,8-9,14-16,19H,2,7,10-12H2/b6-1-/t14?,15-,16?/m1/s1. The summed E-state index contributed by atoms with van der Waals surface area (Å²) in [6, 6.07) is 9.36. The van der Waals surface area contributed by atoms with Crippen molar-refractivity contribution in [1.82, 2.24) is 4.90 Å². The van der Waals surface area contributed by atoms with E-state index >= 15 is 0 Å². The quantitative estimate of drug-likeness (QED) is 0.869.